The van der Waals surface area contributed by atoms with Gasteiger partial charge in [-0.15, -0.1) is 18.0 Å². The molecule has 3 nitrogen and oxygen atoms in total. The zero-order valence-corrected chi connectivity index (χ0v) is 16.6. The molecule has 0 N–H and O–H groups in total. The number of methoxy groups -OCH3 is 2. The van der Waals surface area contributed by atoms with Gasteiger partial charge in [0.2, 0.25) is 0 Å². The first-order chi connectivity index (χ1) is 11.4. The lowest BCUT2D eigenvalue weighted by molar-refractivity contribution is -0.0417. The maximum absolute atomic E-state index is 5.98. The van der Waals surface area contributed by atoms with Gasteiger partial charge >= 0.3 is 0 Å². The summed E-state index contributed by atoms with van der Waals surface area (Å²) in [5, 5.41) is 0. The molecule has 0 bridgehead atoms. The Labute approximate surface area is 148 Å². The Morgan fingerprint density at radius 2 is 1.83 bits per heavy atom. The summed E-state index contributed by atoms with van der Waals surface area (Å²) in [5.74, 6) is 4.13. The number of benzene rings is 1. The molecule has 0 saturated carbocycles. The van der Waals surface area contributed by atoms with Crippen LogP contribution in [-0.4, -0.2) is 34.5 Å². The summed E-state index contributed by atoms with van der Waals surface area (Å²) < 4.78 is 16.7. The predicted molar refractivity (Wildman–Crippen MR) is 103 cm³/mol. The molecule has 24 heavy (non-hydrogen) atoms. The SMILES string of the molecule is C=C[C@@H](OCc1ccc(OC)cc1)[C@H](CCC#C[Si](C)(C)C)OC. The van der Waals surface area contributed by atoms with Crippen molar-refractivity contribution in [3.8, 4) is 17.2 Å². The summed E-state index contributed by atoms with van der Waals surface area (Å²) in [4.78, 5) is 0. The van der Waals surface area contributed by atoms with Crippen molar-refractivity contribution in [2.45, 2.75) is 51.3 Å². The number of hydrogen-bond donors (Lipinski definition) is 0. The average Bonchev–Trinajstić information content (AvgIpc) is 2.56. The molecule has 0 radical (unpaired) electrons. The average molecular weight is 347 g/mol. The van der Waals surface area contributed by atoms with E-state index in [1.165, 1.54) is 0 Å². The lowest BCUT2D eigenvalue weighted by atomic mass is 10.1. The van der Waals surface area contributed by atoms with Gasteiger partial charge in [-0.05, 0) is 24.1 Å². The Hall–Kier alpha value is -1.54. The zero-order valence-electron chi connectivity index (χ0n) is 15.6. The van der Waals surface area contributed by atoms with Gasteiger partial charge < -0.3 is 14.2 Å². The zero-order chi connectivity index (χ0) is 18.0. The number of hydrogen-bond acceptors (Lipinski definition) is 3. The summed E-state index contributed by atoms with van der Waals surface area (Å²) in [6.45, 7) is 11.1. The molecule has 0 aliphatic rings. The highest BCUT2D eigenvalue weighted by atomic mass is 28.3. The maximum Gasteiger partial charge on any atom is 0.129 e. The van der Waals surface area contributed by atoms with Crippen LogP contribution >= 0.6 is 0 Å². The molecule has 0 spiro atoms. The second kappa shape index (κ2) is 10.3. The maximum atomic E-state index is 5.98. The third kappa shape index (κ3) is 7.83. The van der Waals surface area contributed by atoms with Crippen LogP contribution in [0.15, 0.2) is 36.9 Å². The van der Waals surface area contributed by atoms with Crippen molar-refractivity contribution < 1.29 is 14.2 Å². The molecule has 2 atom stereocenters. The fourth-order valence-electron chi connectivity index (χ4n) is 2.20. The van der Waals surface area contributed by atoms with E-state index < -0.39 is 8.07 Å². The van der Waals surface area contributed by atoms with E-state index in [2.05, 4.69) is 37.7 Å². The summed E-state index contributed by atoms with van der Waals surface area (Å²) in [7, 11) is 2.07. The molecule has 0 heterocycles. The van der Waals surface area contributed by atoms with Crippen LogP contribution in [0.4, 0.5) is 0 Å². The third-order valence-electron chi connectivity index (χ3n) is 3.52. The van der Waals surface area contributed by atoms with Gasteiger partial charge in [-0.3, -0.25) is 0 Å². The third-order valence-corrected chi connectivity index (χ3v) is 4.45. The molecule has 0 amide bonds. The molecule has 1 aromatic carbocycles. The molecule has 132 valence electrons. The van der Waals surface area contributed by atoms with Crippen LogP contribution in [0, 0.1) is 11.5 Å². The van der Waals surface area contributed by atoms with Crippen molar-refractivity contribution in [3.05, 3.63) is 42.5 Å². The van der Waals surface area contributed by atoms with Crippen molar-refractivity contribution in [1.82, 2.24) is 0 Å². The van der Waals surface area contributed by atoms with Crippen LogP contribution in [0.1, 0.15) is 18.4 Å². The van der Waals surface area contributed by atoms with Gasteiger partial charge in [0.05, 0.1) is 19.8 Å². The number of rotatable bonds is 9. The van der Waals surface area contributed by atoms with E-state index in [9.17, 15) is 0 Å². The van der Waals surface area contributed by atoms with Gasteiger partial charge in [0.15, 0.2) is 0 Å². The molecule has 0 saturated heterocycles. The van der Waals surface area contributed by atoms with Gasteiger partial charge in [0.1, 0.15) is 19.9 Å². The Balaban J connectivity index is 2.54. The molecule has 1 aromatic rings. The second-order valence-electron chi connectivity index (χ2n) is 6.72. The van der Waals surface area contributed by atoms with Gasteiger partial charge in [0, 0.05) is 13.5 Å². The molecule has 0 aliphatic carbocycles. The number of ether oxygens (including phenoxy) is 3. The van der Waals surface area contributed by atoms with Crippen molar-refractivity contribution in [2.24, 2.45) is 0 Å². The summed E-state index contributed by atoms with van der Waals surface area (Å²) in [6.07, 6.45) is 3.29. The lowest BCUT2D eigenvalue weighted by Gasteiger charge is -2.23. The normalized spacial score (nSPS) is 13.5. The molecule has 0 fully saturated rings. The van der Waals surface area contributed by atoms with Crippen molar-refractivity contribution in [3.63, 3.8) is 0 Å². The molecule has 1 rings (SSSR count). The van der Waals surface area contributed by atoms with E-state index in [0.717, 1.165) is 24.2 Å². The standard InChI is InChI=1S/C20H30O3Si/c1-7-19(20(22-3)10-8-9-15-24(4,5)6)23-16-17-11-13-18(21-2)14-12-17/h7,11-14,19-20H,1,8,10,16H2,2-6H3/t19-,20+/m1/s1. The van der Waals surface area contributed by atoms with E-state index in [1.54, 1.807) is 14.2 Å². The van der Waals surface area contributed by atoms with Crippen LogP contribution in [0.2, 0.25) is 19.6 Å². The quantitative estimate of drug-likeness (QED) is 0.376. The van der Waals surface area contributed by atoms with E-state index in [-0.39, 0.29) is 12.2 Å². The van der Waals surface area contributed by atoms with Crippen LogP contribution in [0.3, 0.4) is 0 Å². The lowest BCUT2D eigenvalue weighted by Crippen LogP contribution is -2.29. The first-order valence-electron chi connectivity index (χ1n) is 8.29. The fourth-order valence-corrected chi connectivity index (χ4v) is 2.86. The minimum Gasteiger partial charge on any atom is -0.497 e. The Bertz CT molecular complexity index is 549. The van der Waals surface area contributed by atoms with Gasteiger partial charge in [0.25, 0.3) is 0 Å². The molecule has 0 aliphatic heterocycles. The molecule has 0 unspecified atom stereocenters. The van der Waals surface area contributed by atoms with Crippen molar-refractivity contribution in [2.75, 3.05) is 14.2 Å². The second-order valence-corrected chi connectivity index (χ2v) is 11.5. The van der Waals surface area contributed by atoms with E-state index in [4.69, 9.17) is 14.2 Å². The highest BCUT2D eigenvalue weighted by Gasteiger charge is 2.18. The topological polar surface area (TPSA) is 27.7 Å². The van der Waals surface area contributed by atoms with E-state index in [0.29, 0.717) is 6.61 Å². The summed E-state index contributed by atoms with van der Waals surface area (Å²) in [6, 6.07) is 7.86. The van der Waals surface area contributed by atoms with Crippen molar-refractivity contribution in [1.29, 1.82) is 0 Å². The predicted octanol–water partition coefficient (Wildman–Crippen LogP) is 4.44. The van der Waals surface area contributed by atoms with Crippen molar-refractivity contribution >= 4 is 8.07 Å². The Kier molecular flexibility index (Phi) is 8.84. The first kappa shape index (κ1) is 20.5. The van der Waals surface area contributed by atoms with E-state index in [1.807, 2.05) is 30.3 Å². The van der Waals surface area contributed by atoms with E-state index >= 15 is 0 Å². The van der Waals surface area contributed by atoms with Crippen LogP contribution in [0.25, 0.3) is 0 Å². The highest BCUT2D eigenvalue weighted by Crippen LogP contribution is 2.16. The summed E-state index contributed by atoms with van der Waals surface area (Å²) in [5.41, 5.74) is 4.48. The minimum absolute atomic E-state index is 0.0308. The first-order valence-corrected chi connectivity index (χ1v) is 11.8. The van der Waals surface area contributed by atoms with Crippen LogP contribution in [-0.2, 0) is 16.1 Å². The van der Waals surface area contributed by atoms with Gasteiger partial charge in [-0.2, -0.15) is 0 Å². The van der Waals surface area contributed by atoms with Gasteiger partial charge in [-0.1, -0.05) is 37.8 Å². The molecule has 4 heteroatoms. The van der Waals surface area contributed by atoms with Crippen LogP contribution < -0.4 is 4.74 Å². The smallest absolute Gasteiger partial charge is 0.129 e. The molecular formula is C20H30O3Si. The largest absolute Gasteiger partial charge is 0.497 e. The fraction of sp³-hybridized carbons (Fsp3) is 0.500. The summed E-state index contributed by atoms with van der Waals surface area (Å²) >= 11 is 0. The molecule has 0 aromatic heterocycles. The van der Waals surface area contributed by atoms with Gasteiger partial charge in [-0.25, -0.2) is 0 Å². The van der Waals surface area contributed by atoms with Crippen LogP contribution in [0.5, 0.6) is 5.75 Å². The monoisotopic (exact) mass is 346 g/mol. The molecular weight excluding hydrogens is 316 g/mol. The highest BCUT2D eigenvalue weighted by molar-refractivity contribution is 6.83. The minimum atomic E-state index is -1.31. The Morgan fingerprint density at radius 1 is 1.17 bits per heavy atom. The Morgan fingerprint density at radius 3 is 2.33 bits per heavy atom.